The lowest BCUT2D eigenvalue weighted by Gasteiger charge is -2.18. The van der Waals surface area contributed by atoms with E-state index in [9.17, 15) is 4.79 Å². The Morgan fingerprint density at radius 1 is 0.610 bits per heavy atom. The van der Waals surface area contributed by atoms with Crippen LogP contribution in [-0.4, -0.2) is 59.5 Å². The number of nitrogens with zero attached hydrogens (tertiary/aromatic N) is 1. The van der Waals surface area contributed by atoms with Crippen molar-refractivity contribution in [2.45, 2.75) is 181 Å². The minimum Gasteiger partial charge on any atom is -0.355 e. The smallest absolute Gasteiger partial charge is 0.220 e. The van der Waals surface area contributed by atoms with Crippen LogP contribution in [0.4, 0.5) is 0 Å². The average Bonchev–Trinajstić information content (AvgIpc) is 2.98. The first kappa shape index (κ1) is 41.1. The Morgan fingerprint density at radius 2 is 1.07 bits per heavy atom. The molecule has 0 aromatic carbocycles. The van der Waals surface area contributed by atoms with Gasteiger partial charge < -0.3 is 10.2 Å². The zero-order valence-corrected chi connectivity index (χ0v) is 30.1. The molecule has 0 aromatic rings. The molecule has 0 fully saturated rings. The van der Waals surface area contributed by atoms with Gasteiger partial charge in [0.2, 0.25) is 5.91 Å². The number of unbranched alkanes of at least 4 members (excludes halogenated alkanes) is 18. The quantitative estimate of drug-likeness (QED) is 0.0731. The van der Waals surface area contributed by atoms with Crippen LogP contribution >= 0.6 is 23.5 Å². The summed E-state index contributed by atoms with van der Waals surface area (Å²) < 4.78 is 0. The van der Waals surface area contributed by atoms with Gasteiger partial charge in [-0.1, -0.05) is 143 Å². The summed E-state index contributed by atoms with van der Waals surface area (Å²) in [6.45, 7) is 12.8. The number of nitrogens with one attached hydrogen (secondary N) is 1. The highest BCUT2D eigenvalue weighted by Crippen LogP contribution is 2.24. The van der Waals surface area contributed by atoms with Crippen LogP contribution in [0, 0.1) is 0 Å². The number of rotatable bonds is 34. The van der Waals surface area contributed by atoms with E-state index in [2.05, 4.69) is 61.4 Å². The first-order valence-electron chi connectivity index (χ1n) is 18.4. The molecule has 0 saturated carbocycles. The second-order valence-corrected chi connectivity index (χ2v) is 14.8. The van der Waals surface area contributed by atoms with Gasteiger partial charge in [0, 0.05) is 30.5 Å². The Morgan fingerprint density at radius 3 is 1.56 bits per heavy atom. The van der Waals surface area contributed by atoms with Crippen LogP contribution < -0.4 is 5.32 Å². The van der Waals surface area contributed by atoms with Crippen LogP contribution in [0.1, 0.15) is 175 Å². The number of hydrogen-bond donors (Lipinski definition) is 1. The van der Waals surface area contributed by atoms with Gasteiger partial charge in [0.15, 0.2) is 0 Å². The van der Waals surface area contributed by atoms with Gasteiger partial charge in [0.05, 0.1) is 0 Å². The van der Waals surface area contributed by atoms with Crippen molar-refractivity contribution >= 4 is 29.4 Å². The summed E-state index contributed by atoms with van der Waals surface area (Å²) in [4.78, 5) is 14.7. The molecule has 0 bridgehead atoms. The van der Waals surface area contributed by atoms with E-state index in [-0.39, 0.29) is 5.91 Å². The topological polar surface area (TPSA) is 32.3 Å². The van der Waals surface area contributed by atoms with Gasteiger partial charge in [-0.3, -0.25) is 4.79 Å². The van der Waals surface area contributed by atoms with Gasteiger partial charge in [-0.2, -0.15) is 23.5 Å². The monoisotopic (exact) mass is 615 g/mol. The third-order valence-electron chi connectivity index (χ3n) is 8.37. The standard InChI is InChI=1S/C36H74N2OS2/c1-5-9-11-13-15-17-19-21-23-25-32-40-34-35(28-27-29-36(39)37-30-31-38(7-3)8-4)41-33-26-24-22-20-18-16-14-12-10-6-2/h35H,5-34H2,1-4H3,(H,37,39). The van der Waals surface area contributed by atoms with Crippen molar-refractivity contribution in [3.63, 3.8) is 0 Å². The van der Waals surface area contributed by atoms with Crippen molar-refractivity contribution in [2.75, 3.05) is 43.4 Å². The molecule has 0 aliphatic carbocycles. The van der Waals surface area contributed by atoms with Crippen molar-refractivity contribution in [2.24, 2.45) is 0 Å². The summed E-state index contributed by atoms with van der Waals surface area (Å²) in [5.74, 6) is 4.13. The Kier molecular flexibility index (Phi) is 34.7. The molecule has 0 saturated heterocycles. The van der Waals surface area contributed by atoms with E-state index in [1.54, 1.807) is 0 Å². The minimum atomic E-state index is 0.244. The fraction of sp³-hybridized carbons (Fsp3) is 0.972. The van der Waals surface area contributed by atoms with E-state index in [0.29, 0.717) is 11.7 Å². The van der Waals surface area contributed by atoms with Crippen LogP contribution in [-0.2, 0) is 4.79 Å². The number of likely N-dealkylation sites (N-methyl/N-ethyl adjacent to an activating group) is 1. The Balaban J connectivity index is 4.07. The summed E-state index contributed by atoms with van der Waals surface area (Å²) in [5, 5.41) is 3.86. The summed E-state index contributed by atoms with van der Waals surface area (Å²) in [6, 6.07) is 0. The third kappa shape index (κ3) is 31.4. The maximum Gasteiger partial charge on any atom is 0.220 e. The molecule has 0 radical (unpaired) electrons. The first-order chi connectivity index (χ1) is 20.2. The van der Waals surface area contributed by atoms with Gasteiger partial charge in [0.1, 0.15) is 0 Å². The van der Waals surface area contributed by atoms with Gasteiger partial charge in [0.25, 0.3) is 0 Å². The zero-order valence-electron chi connectivity index (χ0n) is 28.5. The molecule has 5 heteroatoms. The number of hydrogen-bond acceptors (Lipinski definition) is 4. The lowest BCUT2D eigenvalue weighted by Crippen LogP contribution is -2.34. The van der Waals surface area contributed by atoms with Crippen LogP contribution in [0.15, 0.2) is 0 Å². The van der Waals surface area contributed by atoms with E-state index in [1.165, 1.54) is 152 Å². The number of amides is 1. The molecule has 41 heavy (non-hydrogen) atoms. The molecule has 0 heterocycles. The minimum absolute atomic E-state index is 0.244. The first-order valence-corrected chi connectivity index (χ1v) is 20.6. The SMILES string of the molecule is CCCCCCCCCCCCSCC(CCCC(=O)NCCN(CC)CC)SCCCCCCCCCCCC. The second-order valence-electron chi connectivity index (χ2n) is 12.2. The van der Waals surface area contributed by atoms with E-state index in [1.807, 2.05) is 0 Å². The molecular weight excluding hydrogens is 541 g/mol. The van der Waals surface area contributed by atoms with Gasteiger partial charge >= 0.3 is 0 Å². The fourth-order valence-corrected chi connectivity index (χ4v) is 8.15. The third-order valence-corrected chi connectivity index (χ3v) is 11.2. The zero-order chi connectivity index (χ0) is 30.1. The molecule has 0 spiro atoms. The highest BCUT2D eigenvalue weighted by Gasteiger charge is 2.11. The lowest BCUT2D eigenvalue weighted by atomic mass is 10.1. The number of carbonyl (C=O) groups is 1. The van der Waals surface area contributed by atoms with Crippen LogP contribution in [0.2, 0.25) is 0 Å². The summed E-state index contributed by atoms with van der Waals surface area (Å²) in [6.07, 6.45) is 31.2. The largest absolute Gasteiger partial charge is 0.355 e. The van der Waals surface area contributed by atoms with E-state index in [4.69, 9.17) is 0 Å². The molecule has 1 atom stereocenters. The molecule has 1 N–H and O–H groups in total. The van der Waals surface area contributed by atoms with Crippen molar-refractivity contribution in [1.82, 2.24) is 10.2 Å². The molecule has 3 nitrogen and oxygen atoms in total. The van der Waals surface area contributed by atoms with Gasteiger partial charge in [-0.15, -0.1) is 0 Å². The van der Waals surface area contributed by atoms with Crippen molar-refractivity contribution < 1.29 is 4.79 Å². The molecule has 0 aliphatic rings. The second kappa shape index (κ2) is 34.6. The normalized spacial score (nSPS) is 12.3. The van der Waals surface area contributed by atoms with Crippen molar-refractivity contribution in [3.8, 4) is 0 Å². The Hall–Kier alpha value is 0.130. The predicted molar refractivity (Wildman–Crippen MR) is 192 cm³/mol. The summed E-state index contributed by atoms with van der Waals surface area (Å²) >= 11 is 4.38. The van der Waals surface area contributed by atoms with Gasteiger partial charge in [-0.05, 0) is 50.3 Å². The van der Waals surface area contributed by atoms with Crippen LogP contribution in [0.5, 0.6) is 0 Å². The van der Waals surface area contributed by atoms with Gasteiger partial charge in [-0.25, -0.2) is 0 Å². The molecule has 0 aromatic heterocycles. The predicted octanol–water partition coefficient (Wildman–Crippen LogP) is 11.3. The lowest BCUT2D eigenvalue weighted by molar-refractivity contribution is -0.121. The number of thioether (sulfide) groups is 2. The number of carbonyl (C=O) groups excluding carboxylic acids is 1. The highest BCUT2D eigenvalue weighted by molar-refractivity contribution is 8.03. The van der Waals surface area contributed by atoms with Crippen molar-refractivity contribution in [1.29, 1.82) is 0 Å². The summed E-state index contributed by atoms with van der Waals surface area (Å²) in [5.41, 5.74) is 0. The summed E-state index contributed by atoms with van der Waals surface area (Å²) in [7, 11) is 0. The molecule has 246 valence electrons. The van der Waals surface area contributed by atoms with Crippen molar-refractivity contribution in [3.05, 3.63) is 0 Å². The Labute approximate surface area is 267 Å². The molecular formula is C36H74N2OS2. The molecule has 0 aliphatic heterocycles. The van der Waals surface area contributed by atoms with E-state index in [0.717, 1.165) is 32.6 Å². The molecule has 0 rings (SSSR count). The van der Waals surface area contributed by atoms with E-state index >= 15 is 0 Å². The maximum absolute atomic E-state index is 12.4. The maximum atomic E-state index is 12.4. The fourth-order valence-electron chi connectivity index (χ4n) is 5.43. The molecule has 1 unspecified atom stereocenters. The Bertz CT molecular complexity index is 516. The van der Waals surface area contributed by atoms with E-state index < -0.39 is 0 Å². The van der Waals surface area contributed by atoms with Crippen LogP contribution in [0.25, 0.3) is 0 Å². The highest BCUT2D eigenvalue weighted by atomic mass is 32.2. The van der Waals surface area contributed by atoms with Crippen LogP contribution in [0.3, 0.4) is 0 Å². The average molecular weight is 615 g/mol. The molecule has 1 amide bonds.